The first kappa shape index (κ1) is 26.1. The van der Waals surface area contributed by atoms with Crippen molar-refractivity contribution < 1.29 is 18.7 Å². The van der Waals surface area contributed by atoms with Gasteiger partial charge in [0.15, 0.2) is 0 Å². The van der Waals surface area contributed by atoms with Crippen LogP contribution < -0.4 is 15.4 Å². The van der Waals surface area contributed by atoms with Gasteiger partial charge in [-0.3, -0.25) is 19.8 Å². The molecule has 0 bridgehead atoms. The van der Waals surface area contributed by atoms with Crippen molar-refractivity contribution in [2.45, 2.75) is 51.0 Å². The number of pyridine rings is 1. The topological polar surface area (TPSA) is 101 Å². The van der Waals surface area contributed by atoms with Crippen LogP contribution in [-0.2, 0) is 4.79 Å². The normalized spacial score (nSPS) is 20.3. The number of halogens is 1. The molecule has 9 nitrogen and oxygen atoms in total. The number of carbonyl (C=O) groups excluding carboxylic acids is 2. The van der Waals surface area contributed by atoms with Crippen LogP contribution in [0, 0.1) is 11.7 Å². The molecule has 5 rings (SSSR count). The van der Waals surface area contributed by atoms with E-state index < -0.39 is 5.82 Å². The summed E-state index contributed by atoms with van der Waals surface area (Å²) in [7, 11) is 1.67. The Hall–Kier alpha value is -3.53. The first-order valence-electron chi connectivity index (χ1n) is 13.5. The van der Waals surface area contributed by atoms with E-state index in [9.17, 15) is 14.0 Å². The molecule has 1 saturated heterocycles. The average molecular weight is 523 g/mol. The SMILES string of the molecule is CNC(=O)C1CCC(n2c(NC(=O)c3ccc(F)cc3)nc3cnc(OCCN4CCCCC4)cc32)CC1. The lowest BCUT2D eigenvalue weighted by Gasteiger charge is -2.29. The van der Waals surface area contributed by atoms with E-state index in [-0.39, 0.29) is 23.8 Å². The summed E-state index contributed by atoms with van der Waals surface area (Å²) in [4.78, 5) is 36.7. The van der Waals surface area contributed by atoms with E-state index in [4.69, 9.17) is 4.74 Å². The predicted molar refractivity (Wildman–Crippen MR) is 143 cm³/mol. The minimum atomic E-state index is -0.402. The van der Waals surface area contributed by atoms with Gasteiger partial charge >= 0.3 is 0 Å². The molecule has 0 atom stereocenters. The van der Waals surface area contributed by atoms with E-state index in [1.54, 1.807) is 13.2 Å². The summed E-state index contributed by atoms with van der Waals surface area (Å²) in [6.45, 7) is 3.64. The van der Waals surface area contributed by atoms with Crippen LogP contribution in [0.3, 0.4) is 0 Å². The monoisotopic (exact) mass is 522 g/mol. The second-order valence-corrected chi connectivity index (χ2v) is 10.1. The first-order valence-corrected chi connectivity index (χ1v) is 13.5. The molecule has 2 amide bonds. The van der Waals surface area contributed by atoms with Crippen molar-refractivity contribution in [1.29, 1.82) is 0 Å². The van der Waals surface area contributed by atoms with Crippen molar-refractivity contribution in [1.82, 2.24) is 24.8 Å². The summed E-state index contributed by atoms with van der Waals surface area (Å²) in [5.74, 6) is 0.208. The van der Waals surface area contributed by atoms with E-state index in [1.165, 1.54) is 43.5 Å². The molecule has 38 heavy (non-hydrogen) atoms. The number of benzene rings is 1. The van der Waals surface area contributed by atoms with Gasteiger partial charge in [0.05, 0.1) is 11.7 Å². The number of fused-ring (bicyclic) bond motifs is 1. The van der Waals surface area contributed by atoms with E-state index >= 15 is 0 Å². The van der Waals surface area contributed by atoms with Crippen molar-refractivity contribution in [2.24, 2.45) is 5.92 Å². The number of imidazole rings is 1. The maximum Gasteiger partial charge on any atom is 0.257 e. The fourth-order valence-electron chi connectivity index (χ4n) is 5.55. The summed E-state index contributed by atoms with van der Waals surface area (Å²) in [5.41, 5.74) is 1.81. The molecule has 1 aliphatic carbocycles. The molecule has 2 aromatic heterocycles. The Bertz CT molecular complexity index is 1260. The fraction of sp³-hybridized carbons (Fsp3) is 0.500. The Balaban J connectivity index is 1.38. The molecule has 2 N–H and O–H groups in total. The fourth-order valence-corrected chi connectivity index (χ4v) is 5.55. The molecule has 3 heterocycles. The average Bonchev–Trinajstić information content (AvgIpc) is 3.30. The number of hydrogen-bond acceptors (Lipinski definition) is 6. The summed E-state index contributed by atoms with van der Waals surface area (Å²) in [6.07, 6.45) is 8.48. The number of likely N-dealkylation sites (tertiary alicyclic amines) is 1. The van der Waals surface area contributed by atoms with Crippen LogP contribution in [-0.4, -0.2) is 64.5 Å². The molecular formula is C28H35FN6O3. The molecule has 1 aliphatic heterocycles. The van der Waals surface area contributed by atoms with Gasteiger partial charge in [0, 0.05) is 37.2 Å². The molecule has 1 saturated carbocycles. The zero-order valence-electron chi connectivity index (χ0n) is 21.8. The van der Waals surface area contributed by atoms with Gasteiger partial charge in [0.2, 0.25) is 17.7 Å². The molecule has 0 unspecified atom stereocenters. The Kier molecular flexibility index (Phi) is 8.17. The quantitative estimate of drug-likeness (QED) is 0.461. The second-order valence-electron chi connectivity index (χ2n) is 10.1. The Morgan fingerprint density at radius 2 is 1.82 bits per heavy atom. The number of rotatable bonds is 8. The summed E-state index contributed by atoms with van der Waals surface area (Å²) >= 11 is 0. The molecule has 0 spiro atoms. The van der Waals surface area contributed by atoms with Crippen LogP contribution in [0.5, 0.6) is 5.88 Å². The van der Waals surface area contributed by atoms with Crippen molar-refractivity contribution in [2.75, 3.05) is 38.6 Å². The molecule has 1 aromatic carbocycles. The summed E-state index contributed by atoms with van der Waals surface area (Å²) in [5, 5.41) is 5.67. The van der Waals surface area contributed by atoms with Crippen LogP contribution in [0.15, 0.2) is 36.5 Å². The van der Waals surface area contributed by atoms with Gasteiger partial charge in [0.25, 0.3) is 5.91 Å². The Labute approximate surface area is 221 Å². The van der Waals surface area contributed by atoms with Crippen molar-refractivity contribution in [3.05, 3.63) is 47.9 Å². The maximum absolute atomic E-state index is 13.4. The minimum Gasteiger partial charge on any atom is -0.476 e. The Morgan fingerprint density at radius 3 is 2.53 bits per heavy atom. The van der Waals surface area contributed by atoms with Gasteiger partial charge in [-0.1, -0.05) is 6.42 Å². The first-order chi connectivity index (χ1) is 18.5. The molecular weight excluding hydrogens is 487 g/mol. The number of aromatic nitrogens is 3. The lowest BCUT2D eigenvalue weighted by atomic mass is 9.85. The number of hydrogen-bond donors (Lipinski definition) is 2. The highest BCUT2D eigenvalue weighted by Gasteiger charge is 2.29. The number of carbonyl (C=O) groups is 2. The largest absolute Gasteiger partial charge is 0.476 e. The van der Waals surface area contributed by atoms with Crippen LogP contribution in [0.4, 0.5) is 10.3 Å². The lowest BCUT2D eigenvalue weighted by molar-refractivity contribution is -0.125. The molecule has 3 aromatic rings. The van der Waals surface area contributed by atoms with Crippen LogP contribution in [0.1, 0.15) is 61.3 Å². The number of anilines is 1. The smallest absolute Gasteiger partial charge is 0.257 e. The van der Waals surface area contributed by atoms with Gasteiger partial charge in [-0.2, -0.15) is 0 Å². The van der Waals surface area contributed by atoms with E-state index in [2.05, 4.69) is 25.5 Å². The van der Waals surface area contributed by atoms with E-state index in [0.717, 1.165) is 50.8 Å². The lowest BCUT2D eigenvalue weighted by Crippen LogP contribution is -2.33. The van der Waals surface area contributed by atoms with Crippen molar-refractivity contribution in [3.63, 3.8) is 0 Å². The van der Waals surface area contributed by atoms with Gasteiger partial charge in [-0.25, -0.2) is 14.4 Å². The number of ether oxygens (including phenoxy) is 1. The highest BCUT2D eigenvalue weighted by atomic mass is 19.1. The van der Waals surface area contributed by atoms with Gasteiger partial charge in [-0.15, -0.1) is 0 Å². The molecule has 202 valence electrons. The standard InChI is InChI=1S/C28H35FN6O3/c1-30-26(36)19-7-11-22(12-8-19)35-24-17-25(38-16-15-34-13-3-2-4-14-34)31-18-23(24)32-28(35)33-27(37)20-5-9-21(29)10-6-20/h5-6,9-10,17-19,22H,2-4,7-8,11-16H2,1H3,(H,30,36)(H,32,33,37). The van der Waals surface area contributed by atoms with Crippen molar-refractivity contribution in [3.8, 4) is 5.88 Å². The predicted octanol–water partition coefficient (Wildman–Crippen LogP) is 4.16. The molecule has 2 aliphatic rings. The third-order valence-electron chi connectivity index (χ3n) is 7.67. The molecule has 0 radical (unpaired) electrons. The minimum absolute atomic E-state index is 0.0151. The van der Waals surface area contributed by atoms with Crippen molar-refractivity contribution >= 4 is 28.8 Å². The summed E-state index contributed by atoms with van der Waals surface area (Å²) in [6, 6.07) is 7.35. The van der Waals surface area contributed by atoms with E-state index in [1.807, 2.05) is 10.6 Å². The van der Waals surface area contributed by atoms with Crippen LogP contribution in [0.25, 0.3) is 11.0 Å². The molecule has 10 heteroatoms. The zero-order chi connectivity index (χ0) is 26.5. The Morgan fingerprint density at radius 1 is 1.08 bits per heavy atom. The number of amides is 2. The van der Waals surface area contributed by atoms with E-state index in [0.29, 0.717) is 29.5 Å². The molecule has 2 fully saturated rings. The van der Waals surface area contributed by atoms with Gasteiger partial charge in [0.1, 0.15) is 17.9 Å². The highest BCUT2D eigenvalue weighted by molar-refractivity contribution is 6.04. The second kappa shape index (κ2) is 11.9. The third kappa shape index (κ3) is 5.96. The number of nitrogens with zero attached hydrogens (tertiary/aromatic N) is 4. The highest BCUT2D eigenvalue weighted by Crippen LogP contribution is 2.37. The zero-order valence-corrected chi connectivity index (χ0v) is 21.8. The van der Waals surface area contributed by atoms with Crippen LogP contribution in [0.2, 0.25) is 0 Å². The van der Waals surface area contributed by atoms with Gasteiger partial charge in [-0.05, 0) is 75.9 Å². The maximum atomic E-state index is 13.4. The number of piperidine rings is 1. The summed E-state index contributed by atoms with van der Waals surface area (Å²) < 4.78 is 21.4. The van der Waals surface area contributed by atoms with Gasteiger partial charge < -0.3 is 14.6 Å². The third-order valence-corrected chi connectivity index (χ3v) is 7.67. The van der Waals surface area contributed by atoms with Crippen LogP contribution >= 0.6 is 0 Å². The number of nitrogens with one attached hydrogen (secondary N) is 2.